The van der Waals surface area contributed by atoms with Crippen molar-refractivity contribution >= 4 is 17.2 Å². The largest absolute Gasteiger partial charge is 0.491 e. The summed E-state index contributed by atoms with van der Waals surface area (Å²) < 4.78 is 32.6. The van der Waals surface area contributed by atoms with E-state index in [4.69, 9.17) is 9.84 Å². The Morgan fingerprint density at radius 1 is 0.968 bits per heavy atom. The van der Waals surface area contributed by atoms with Gasteiger partial charge in [-0.25, -0.2) is 8.78 Å². The van der Waals surface area contributed by atoms with Crippen molar-refractivity contribution < 1.29 is 28.5 Å². The maximum atomic E-state index is 14.0. The van der Waals surface area contributed by atoms with Crippen LogP contribution in [0.5, 0.6) is 5.75 Å². The van der Waals surface area contributed by atoms with Crippen LogP contribution in [0.25, 0.3) is 0 Å². The molecule has 0 unspecified atom stereocenters. The average molecular weight is 425 g/mol. The van der Waals surface area contributed by atoms with Crippen molar-refractivity contribution in [2.24, 2.45) is 0 Å². The number of ether oxygens (including phenoxy) is 1. The van der Waals surface area contributed by atoms with Gasteiger partial charge in [0, 0.05) is 22.9 Å². The molecule has 160 valence electrons. The number of hydrogen-bond donors (Lipinski definition) is 3. The first-order valence-electron chi connectivity index (χ1n) is 9.89. The van der Waals surface area contributed by atoms with E-state index in [0.29, 0.717) is 35.4 Å². The zero-order chi connectivity index (χ0) is 22.0. The lowest BCUT2D eigenvalue weighted by molar-refractivity contribution is 0.0536. The van der Waals surface area contributed by atoms with Gasteiger partial charge in [0.1, 0.15) is 30.1 Å². The molecule has 3 N–H and O–H groups in total. The fourth-order valence-electron chi connectivity index (χ4n) is 3.58. The molecule has 7 heteroatoms. The molecule has 0 spiro atoms. The highest BCUT2D eigenvalue weighted by atomic mass is 19.1. The third-order valence-corrected chi connectivity index (χ3v) is 5.20. The van der Waals surface area contributed by atoms with Gasteiger partial charge >= 0.3 is 0 Å². The van der Waals surface area contributed by atoms with E-state index >= 15 is 0 Å². The molecule has 31 heavy (non-hydrogen) atoms. The summed E-state index contributed by atoms with van der Waals surface area (Å²) in [6.45, 7) is -0.482. The van der Waals surface area contributed by atoms with Crippen LogP contribution in [0.15, 0.2) is 54.6 Å². The molecule has 0 heterocycles. The summed E-state index contributed by atoms with van der Waals surface area (Å²) in [5, 5.41) is 21.3. The number of ketones is 1. The van der Waals surface area contributed by atoms with E-state index in [9.17, 15) is 18.7 Å². The van der Waals surface area contributed by atoms with Gasteiger partial charge in [-0.1, -0.05) is 6.07 Å². The number of carbonyl (C=O) groups excluding carboxylic acids is 1. The molecule has 0 bridgehead atoms. The Morgan fingerprint density at radius 2 is 1.77 bits per heavy atom. The lowest BCUT2D eigenvalue weighted by Crippen LogP contribution is -2.21. The number of carbonyl (C=O) groups is 1. The fourth-order valence-corrected chi connectivity index (χ4v) is 3.58. The summed E-state index contributed by atoms with van der Waals surface area (Å²) in [6.07, 6.45) is 0.271. The number of benzene rings is 3. The summed E-state index contributed by atoms with van der Waals surface area (Å²) in [5.74, 6) is -1.05. The molecule has 3 aromatic rings. The molecule has 3 aromatic carbocycles. The maximum Gasteiger partial charge on any atom is 0.193 e. The molecule has 0 amide bonds. The molecule has 0 saturated carbocycles. The molecule has 0 aromatic heterocycles. The van der Waals surface area contributed by atoms with Crippen LogP contribution < -0.4 is 10.1 Å². The van der Waals surface area contributed by atoms with Crippen LogP contribution in [0.2, 0.25) is 0 Å². The monoisotopic (exact) mass is 425 g/mol. The van der Waals surface area contributed by atoms with Crippen LogP contribution in [0.3, 0.4) is 0 Å². The van der Waals surface area contributed by atoms with E-state index in [1.807, 2.05) is 6.07 Å². The van der Waals surface area contributed by atoms with Gasteiger partial charge in [-0.2, -0.15) is 0 Å². The number of halogens is 2. The van der Waals surface area contributed by atoms with Crippen LogP contribution in [0.1, 0.15) is 27.0 Å². The molecule has 4 rings (SSSR count). The summed E-state index contributed by atoms with van der Waals surface area (Å²) in [6, 6.07) is 13.7. The highest BCUT2D eigenvalue weighted by Gasteiger charge is 2.22. The van der Waals surface area contributed by atoms with Gasteiger partial charge in [0.25, 0.3) is 0 Å². The second kappa shape index (κ2) is 8.83. The Labute approximate surface area is 177 Å². The topological polar surface area (TPSA) is 78.8 Å². The first kappa shape index (κ1) is 21.0. The minimum absolute atomic E-state index is 0.0744. The maximum absolute atomic E-state index is 14.0. The van der Waals surface area contributed by atoms with E-state index < -0.39 is 24.3 Å². The Kier molecular flexibility index (Phi) is 5.97. The van der Waals surface area contributed by atoms with Gasteiger partial charge in [0.05, 0.1) is 12.3 Å². The summed E-state index contributed by atoms with van der Waals surface area (Å²) >= 11 is 0. The van der Waals surface area contributed by atoms with Gasteiger partial charge in [0.15, 0.2) is 5.78 Å². The minimum atomic E-state index is -0.993. The zero-order valence-corrected chi connectivity index (χ0v) is 16.6. The number of aliphatic hydroxyl groups is 2. The van der Waals surface area contributed by atoms with Crippen molar-refractivity contribution in [3.05, 3.63) is 88.5 Å². The fraction of sp³-hybridized carbons (Fsp3) is 0.208. The molecule has 0 saturated heterocycles. The Bertz CT molecular complexity index is 1130. The number of aliphatic hydroxyl groups excluding tert-OH is 2. The Morgan fingerprint density at radius 3 is 2.55 bits per heavy atom. The van der Waals surface area contributed by atoms with Gasteiger partial charge in [-0.05, 0) is 66.4 Å². The number of fused-ring (bicyclic) bond motifs is 2. The first-order valence-corrected chi connectivity index (χ1v) is 9.89. The second-order valence-electron chi connectivity index (χ2n) is 7.42. The standard InChI is InChI=1S/C24H21F2NO4/c25-16-4-8-23(22(26)10-16)27-17-5-7-20-15(9-17)2-1-14-3-6-19(11-21(14)24(20)30)31-13-18(29)12-28/h3-11,18,27-29H,1-2,12-13H2/t18-/m1/s1. The predicted octanol–water partition coefficient (Wildman–Crippen LogP) is 3.77. The highest BCUT2D eigenvalue weighted by molar-refractivity contribution is 6.11. The smallest absolute Gasteiger partial charge is 0.193 e. The van der Waals surface area contributed by atoms with Gasteiger partial charge in [-0.15, -0.1) is 0 Å². The van der Waals surface area contributed by atoms with Crippen LogP contribution in [-0.2, 0) is 12.8 Å². The second-order valence-corrected chi connectivity index (χ2v) is 7.42. The van der Waals surface area contributed by atoms with Crippen molar-refractivity contribution in [1.82, 2.24) is 0 Å². The number of anilines is 2. The Balaban J connectivity index is 1.58. The van der Waals surface area contributed by atoms with E-state index in [0.717, 1.165) is 17.2 Å². The normalized spacial score (nSPS) is 13.7. The molecular weight excluding hydrogens is 404 g/mol. The lowest BCUT2D eigenvalue weighted by atomic mass is 9.98. The van der Waals surface area contributed by atoms with Crippen LogP contribution >= 0.6 is 0 Å². The molecule has 1 aliphatic rings. The van der Waals surface area contributed by atoms with Crippen LogP contribution in [-0.4, -0.2) is 35.3 Å². The molecule has 0 aliphatic heterocycles. The van der Waals surface area contributed by atoms with Crippen molar-refractivity contribution in [1.29, 1.82) is 0 Å². The highest BCUT2D eigenvalue weighted by Crippen LogP contribution is 2.30. The van der Waals surface area contributed by atoms with E-state index in [2.05, 4.69) is 5.32 Å². The molecular formula is C24H21F2NO4. The third-order valence-electron chi connectivity index (χ3n) is 5.20. The van der Waals surface area contributed by atoms with Gasteiger partial charge < -0.3 is 20.3 Å². The summed E-state index contributed by atoms with van der Waals surface area (Å²) in [5.41, 5.74) is 3.54. The molecule has 5 nitrogen and oxygen atoms in total. The SMILES string of the molecule is O=C1c2ccc(Nc3ccc(F)cc3F)cc2CCc2ccc(OC[C@H](O)CO)cc21. The van der Waals surface area contributed by atoms with E-state index in [-0.39, 0.29) is 18.1 Å². The summed E-state index contributed by atoms with van der Waals surface area (Å²) in [7, 11) is 0. The van der Waals surface area contributed by atoms with Gasteiger partial charge in [0.2, 0.25) is 0 Å². The van der Waals surface area contributed by atoms with Gasteiger partial charge in [-0.3, -0.25) is 4.79 Å². The van der Waals surface area contributed by atoms with E-state index in [1.165, 1.54) is 12.1 Å². The van der Waals surface area contributed by atoms with E-state index in [1.54, 1.807) is 30.3 Å². The molecule has 0 radical (unpaired) electrons. The number of nitrogens with one attached hydrogen (secondary N) is 1. The zero-order valence-electron chi connectivity index (χ0n) is 16.6. The molecule has 0 fully saturated rings. The van der Waals surface area contributed by atoms with Crippen LogP contribution in [0, 0.1) is 11.6 Å². The number of rotatable bonds is 6. The van der Waals surface area contributed by atoms with Crippen LogP contribution in [0.4, 0.5) is 20.2 Å². The molecule has 1 aliphatic carbocycles. The molecule has 1 atom stereocenters. The third kappa shape index (κ3) is 4.57. The minimum Gasteiger partial charge on any atom is -0.491 e. The average Bonchev–Trinajstić information content (AvgIpc) is 2.90. The van der Waals surface area contributed by atoms with Crippen molar-refractivity contribution in [2.45, 2.75) is 18.9 Å². The number of aryl methyl sites for hydroxylation is 2. The predicted molar refractivity (Wildman–Crippen MR) is 112 cm³/mol. The van der Waals surface area contributed by atoms with Crippen molar-refractivity contribution in [3.8, 4) is 5.75 Å². The lowest BCUT2D eigenvalue weighted by Gasteiger charge is -2.12. The number of hydrogen-bond acceptors (Lipinski definition) is 5. The summed E-state index contributed by atoms with van der Waals surface area (Å²) in [4.78, 5) is 13.2. The Hall–Kier alpha value is -3.29. The van der Waals surface area contributed by atoms with Crippen molar-refractivity contribution in [2.75, 3.05) is 18.5 Å². The first-order chi connectivity index (χ1) is 14.9. The van der Waals surface area contributed by atoms with Crippen molar-refractivity contribution in [3.63, 3.8) is 0 Å². The quantitative estimate of drug-likeness (QED) is 0.560.